The van der Waals surface area contributed by atoms with Crippen molar-refractivity contribution in [1.29, 1.82) is 0 Å². The van der Waals surface area contributed by atoms with Crippen molar-refractivity contribution in [2.45, 2.75) is 44.3 Å². The summed E-state index contributed by atoms with van der Waals surface area (Å²) in [5, 5.41) is 27.9. The summed E-state index contributed by atoms with van der Waals surface area (Å²) in [6.07, 6.45) is -2.02. The first-order valence-corrected chi connectivity index (χ1v) is 11.5. The summed E-state index contributed by atoms with van der Waals surface area (Å²) in [6, 6.07) is 0. The van der Waals surface area contributed by atoms with E-state index in [0.717, 1.165) is 0 Å². The Morgan fingerprint density at radius 1 is 1.22 bits per heavy atom. The molecule has 0 unspecified atom stereocenters. The number of fused-ring (bicyclic) bond motifs is 1. The summed E-state index contributed by atoms with van der Waals surface area (Å²) < 4.78 is 38.0. The van der Waals surface area contributed by atoms with Gasteiger partial charge in [0.1, 0.15) is 18.5 Å². The maximum Gasteiger partial charge on any atom is 0.258 e. The molecule has 4 atom stereocenters. The van der Waals surface area contributed by atoms with Gasteiger partial charge in [0.15, 0.2) is 35.1 Å². The van der Waals surface area contributed by atoms with Gasteiger partial charge < -0.3 is 24.8 Å². The number of sulfonamides is 1. The summed E-state index contributed by atoms with van der Waals surface area (Å²) >= 11 is 0. The van der Waals surface area contributed by atoms with Crippen LogP contribution in [0.25, 0.3) is 11.2 Å². The molecule has 0 aliphatic carbocycles. The maximum absolute atomic E-state index is 11.6. The van der Waals surface area contributed by atoms with Gasteiger partial charge in [-0.2, -0.15) is 4.98 Å². The molecule has 0 spiro atoms. The average Bonchev–Trinajstić information content (AvgIpc) is 3.47. The molecule has 0 bridgehead atoms. The van der Waals surface area contributed by atoms with E-state index < -0.39 is 34.6 Å². The molecule has 1 saturated heterocycles. The van der Waals surface area contributed by atoms with Gasteiger partial charge in [0.2, 0.25) is 10.0 Å². The molecule has 15 heteroatoms. The molecule has 0 amide bonds. The molecule has 4 rings (SSSR count). The van der Waals surface area contributed by atoms with Crippen LogP contribution >= 0.6 is 0 Å². The third-order valence-corrected chi connectivity index (χ3v) is 6.43. The summed E-state index contributed by atoms with van der Waals surface area (Å²) in [7, 11) is -2.04. The quantitative estimate of drug-likeness (QED) is 0.325. The number of aliphatic hydroxyl groups excluding tert-OH is 2. The summed E-state index contributed by atoms with van der Waals surface area (Å²) in [5.41, 5.74) is 0.673. The molecule has 3 aromatic heterocycles. The van der Waals surface area contributed by atoms with E-state index in [9.17, 15) is 18.6 Å². The zero-order chi connectivity index (χ0) is 23.0. The Morgan fingerprint density at radius 3 is 2.69 bits per heavy atom. The Kier molecular flexibility index (Phi) is 6.09. The second-order valence-electron chi connectivity index (χ2n) is 7.57. The highest BCUT2D eigenvalue weighted by Crippen LogP contribution is 2.39. The number of nitrogens with one attached hydrogen (secondary N) is 2. The van der Waals surface area contributed by atoms with Gasteiger partial charge in [0.05, 0.1) is 12.1 Å². The Balaban J connectivity index is 1.57. The zero-order valence-corrected chi connectivity index (χ0v) is 18.4. The first kappa shape index (κ1) is 22.5. The van der Waals surface area contributed by atoms with Crippen LogP contribution in [-0.4, -0.2) is 79.8 Å². The van der Waals surface area contributed by atoms with E-state index >= 15 is 0 Å². The molecule has 0 radical (unpaired) electrons. The van der Waals surface area contributed by atoms with Gasteiger partial charge in [-0.15, -0.1) is 0 Å². The van der Waals surface area contributed by atoms with Crippen molar-refractivity contribution in [2.75, 3.05) is 24.7 Å². The van der Waals surface area contributed by atoms with Crippen LogP contribution in [0.15, 0.2) is 17.2 Å². The fourth-order valence-electron chi connectivity index (χ4n) is 3.26. The predicted octanol–water partition coefficient (Wildman–Crippen LogP) is -0.714. The van der Waals surface area contributed by atoms with E-state index in [0.29, 0.717) is 22.8 Å². The van der Waals surface area contributed by atoms with Crippen molar-refractivity contribution >= 4 is 27.0 Å². The number of ether oxygens (including phenoxy) is 1. The molecule has 1 aliphatic rings. The minimum absolute atomic E-state index is 0.0232. The van der Waals surface area contributed by atoms with E-state index in [4.69, 9.17) is 9.26 Å². The lowest BCUT2D eigenvalue weighted by Gasteiger charge is -2.16. The monoisotopic (exact) mass is 468 g/mol. The lowest BCUT2D eigenvalue weighted by atomic mass is 10.1. The number of aromatic nitrogens is 6. The number of hydrogen-bond donors (Lipinski definition) is 4. The first-order chi connectivity index (χ1) is 15.2. The van der Waals surface area contributed by atoms with Crippen LogP contribution in [0.3, 0.4) is 0 Å². The van der Waals surface area contributed by atoms with Crippen molar-refractivity contribution in [3.63, 3.8) is 0 Å². The van der Waals surface area contributed by atoms with E-state index in [1.807, 2.05) is 13.8 Å². The van der Waals surface area contributed by atoms with E-state index in [-0.39, 0.29) is 24.1 Å². The van der Waals surface area contributed by atoms with Crippen LogP contribution in [-0.2, 0) is 14.8 Å². The number of rotatable bonds is 8. The fourth-order valence-corrected chi connectivity index (χ4v) is 3.84. The van der Waals surface area contributed by atoms with Crippen LogP contribution in [0.5, 0.6) is 0 Å². The largest absolute Gasteiger partial charge is 0.387 e. The Labute approximate surface area is 183 Å². The van der Waals surface area contributed by atoms with Crippen molar-refractivity contribution in [3.8, 4) is 0 Å². The highest BCUT2D eigenvalue weighted by molar-refractivity contribution is 7.89. The van der Waals surface area contributed by atoms with Crippen LogP contribution in [0, 0.1) is 0 Å². The van der Waals surface area contributed by atoms with Gasteiger partial charge in [-0.05, 0) is 7.05 Å². The normalized spacial score (nSPS) is 23.9. The topological polar surface area (TPSA) is 190 Å². The van der Waals surface area contributed by atoms with Crippen LogP contribution in [0.4, 0.5) is 5.82 Å². The first-order valence-electron chi connectivity index (χ1n) is 9.89. The van der Waals surface area contributed by atoms with Gasteiger partial charge in [0, 0.05) is 12.5 Å². The van der Waals surface area contributed by atoms with Crippen LogP contribution in [0.1, 0.15) is 43.8 Å². The molecule has 14 nitrogen and oxygen atoms in total. The van der Waals surface area contributed by atoms with E-state index in [2.05, 4.69) is 35.1 Å². The highest BCUT2D eigenvalue weighted by Gasteiger charge is 2.47. The number of anilines is 1. The molecule has 4 heterocycles. The van der Waals surface area contributed by atoms with Crippen molar-refractivity contribution in [1.82, 2.24) is 34.4 Å². The predicted molar refractivity (Wildman–Crippen MR) is 110 cm³/mol. The minimum atomic E-state index is -3.38. The standard InChI is InChI=1S/C17H24N8O6S/c1-8(2)13-23-16(31-24-13)12-10(26)11(27)17(30-12)25-7-22-9-14(20-6-21-15(9)25)19-4-5-32(28,29)18-3/h6-8,10-12,17-18,26-27H,4-5H2,1-3H3,(H,19,20,21)/t10-,11-,12-,17+/m0/s1. The maximum atomic E-state index is 11.6. The lowest BCUT2D eigenvalue weighted by Crippen LogP contribution is -2.29. The molecule has 4 N–H and O–H groups in total. The third-order valence-electron chi connectivity index (χ3n) is 5.06. The molecular weight excluding hydrogens is 444 g/mol. The number of imidazole rings is 1. The molecule has 1 fully saturated rings. The smallest absolute Gasteiger partial charge is 0.258 e. The summed E-state index contributed by atoms with van der Waals surface area (Å²) in [4.78, 5) is 16.8. The Morgan fingerprint density at radius 2 is 2.00 bits per heavy atom. The lowest BCUT2D eigenvalue weighted by molar-refractivity contribution is -0.0451. The minimum Gasteiger partial charge on any atom is -0.387 e. The second kappa shape index (κ2) is 8.67. The number of hydrogen-bond acceptors (Lipinski definition) is 12. The third kappa shape index (κ3) is 4.16. The number of nitrogens with zero attached hydrogens (tertiary/aromatic N) is 6. The Bertz CT molecular complexity index is 1190. The van der Waals surface area contributed by atoms with Gasteiger partial charge in [-0.25, -0.2) is 28.1 Å². The van der Waals surface area contributed by atoms with Crippen molar-refractivity contribution in [3.05, 3.63) is 24.4 Å². The molecule has 174 valence electrons. The van der Waals surface area contributed by atoms with E-state index in [1.165, 1.54) is 24.3 Å². The van der Waals surface area contributed by atoms with Crippen molar-refractivity contribution < 1.29 is 27.9 Å². The molecular formula is C17H24N8O6S. The van der Waals surface area contributed by atoms with Gasteiger partial charge in [-0.3, -0.25) is 4.57 Å². The zero-order valence-electron chi connectivity index (χ0n) is 17.6. The fraction of sp³-hybridized carbons (Fsp3) is 0.588. The molecule has 0 saturated carbocycles. The van der Waals surface area contributed by atoms with Crippen LogP contribution in [0.2, 0.25) is 0 Å². The molecule has 1 aliphatic heterocycles. The molecule has 32 heavy (non-hydrogen) atoms. The van der Waals surface area contributed by atoms with Crippen LogP contribution < -0.4 is 10.0 Å². The van der Waals surface area contributed by atoms with Crippen molar-refractivity contribution in [2.24, 2.45) is 0 Å². The highest BCUT2D eigenvalue weighted by atomic mass is 32.2. The molecule has 0 aromatic carbocycles. The van der Waals surface area contributed by atoms with Gasteiger partial charge in [0.25, 0.3) is 5.89 Å². The average molecular weight is 468 g/mol. The second-order valence-corrected chi connectivity index (χ2v) is 9.62. The summed E-state index contributed by atoms with van der Waals surface area (Å²) in [6.45, 7) is 3.89. The SMILES string of the molecule is CNS(=O)(=O)CCNc1ncnc2c1ncn2[C@@H]1O[C@H](c2nc(C(C)C)no2)[C@@H](O)[C@@H]1O. The van der Waals surface area contributed by atoms with Gasteiger partial charge >= 0.3 is 0 Å². The Hall–Kier alpha value is -2.72. The number of aliphatic hydroxyl groups is 2. The van der Waals surface area contributed by atoms with Gasteiger partial charge in [-0.1, -0.05) is 19.0 Å². The summed E-state index contributed by atoms with van der Waals surface area (Å²) in [5.74, 6) is 0.718. The van der Waals surface area contributed by atoms with E-state index in [1.54, 1.807) is 0 Å². The molecule has 3 aromatic rings.